The summed E-state index contributed by atoms with van der Waals surface area (Å²) in [6, 6.07) is 0. The molecule has 5 nitrogen and oxygen atoms in total. The zero-order valence-electron chi connectivity index (χ0n) is 18.9. The van der Waals surface area contributed by atoms with Gasteiger partial charge in [0.1, 0.15) is 6.10 Å². The Morgan fingerprint density at radius 3 is 2.40 bits per heavy atom. The van der Waals surface area contributed by atoms with Gasteiger partial charge in [0.2, 0.25) is 0 Å². The van der Waals surface area contributed by atoms with Crippen LogP contribution in [0.3, 0.4) is 0 Å². The first-order valence-corrected chi connectivity index (χ1v) is 11.9. The zero-order chi connectivity index (χ0) is 21.7. The van der Waals surface area contributed by atoms with Crippen LogP contribution in [0.15, 0.2) is 11.6 Å². The Morgan fingerprint density at radius 1 is 1.00 bits per heavy atom. The van der Waals surface area contributed by atoms with Crippen LogP contribution in [0.1, 0.15) is 85.5 Å². The molecule has 0 aromatic carbocycles. The second-order valence-electron chi connectivity index (χ2n) is 10.4. The highest BCUT2D eigenvalue weighted by Gasteiger charge is 2.60. The van der Waals surface area contributed by atoms with E-state index in [-0.39, 0.29) is 34.7 Å². The van der Waals surface area contributed by atoms with Crippen LogP contribution in [0, 0.1) is 28.6 Å². The van der Waals surface area contributed by atoms with E-state index in [9.17, 15) is 14.4 Å². The lowest BCUT2D eigenvalue weighted by atomic mass is 9.47. The minimum absolute atomic E-state index is 0.0341. The van der Waals surface area contributed by atoms with Gasteiger partial charge in [0.05, 0.1) is 0 Å². The molecule has 4 rings (SSSR count). The van der Waals surface area contributed by atoms with Crippen molar-refractivity contribution in [1.29, 1.82) is 0 Å². The second kappa shape index (κ2) is 7.80. The number of hydrogen-bond acceptors (Lipinski definition) is 5. The van der Waals surface area contributed by atoms with Crippen molar-refractivity contribution < 1.29 is 23.9 Å². The number of allylic oxidation sites excluding steroid dienone is 1. The third-order valence-corrected chi connectivity index (χ3v) is 9.02. The van der Waals surface area contributed by atoms with E-state index in [4.69, 9.17) is 9.47 Å². The van der Waals surface area contributed by atoms with E-state index in [1.165, 1.54) is 5.57 Å². The van der Waals surface area contributed by atoms with Gasteiger partial charge in [0.25, 0.3) is 0 Å². The Kier molecular flexibility index (Phi) is 5.61. The highest BCUT2D eigenvalue weighted by Crippen LogP contribution is 2.65. The van der Waals surface area contributed by atoms with Gasteiger partial charge in [0.15, 0.2) is 11.9 Å². The van der Waals surface area contributed by atoms with Crippen molar-refractivity contribution in [2.45, 2.75) is 97.7 Å². The van der Waals surface area contributed by atoms with E-state index in [1.807, 2.05) is 6.92 Å². The Hall–Kier alpha value is -1.65. The molecule has 3 fully saturated rings. The zero-order valence-corrected chi connectivity index (χ0v) is 18.9. The molecule has 0 radical (unpaired) electrons. The average molecular weight is 417 g/mol. The fraction of sp³-hybridized carbons (Fsp3) is 0.800. The van der Waals surface area contributed by atoms with Gasteiger partial charge in [-0.05, 0) is 67.8 Å². The minimum Gasteiger partial charge on any atom is -0.462 e. The standard InChI is InChI=1S/C25H36O5/c1-5-22(27)29-20-14-25(4)15(13-19(20)26)7-8-16-17-9-10-21(30-23(28)6-2)24(17,3)12-11-18(16)25/h13,16-18,20-21H,5-12,14H2,1-4H3/t16-,17-,18-,20-,21+,24-,25-/m0/s1. The van der Waals surface area contributed by atoms with E-state index in [2.05, 4.69) is 13.8 Å². The number of ether oxygens (including phenoxy) is 2. The Balaban J connectivity index is 1.57. The van der Waals surface area contributed by atoms with Gasteiger partial charge in [-0.25, -0.2) is 0 Å². The van der Waals surface area contributed by atoms with Crippen LogP contribution in [-0.2, 0) is 23.9 Å². The Bertz CT molecular complexity index is 770. The smallest absolute Gasteiger partial charge is 0.306 e. The summed E-state index contributed by atoms with van der Waals surface area (Å²) in [6.07, 6.45) is 8.79. The molecule has 0 spiro atoms. The van der Waals surface area contributed by atoms with Gasteiger partial charge in [-0.15, -0.1) is 0 Å². The normalized spacial score (nSPS) is 42.5. The van der Waals surface area contributed by atoms with Crippen LogP contribution in [-0.4, -0.2) is 29.9 Å². The molecule has 7 atom stereocenters. The maximum atomic E-state index is 12.6. The lowest BCUT2D eigenvalue weighted by Crippen LogP contribution is -2.53. The molecule has 0 heterocycles. The van der Waals surface area contributed by atoms with Crippen LogP contribution in [0.4, 0.5) is 0 Å². The first-order chi connectivity index (χ1) is 14.2. The second-order valence-corrected chi connectivity index (χ2v) is 10.4. The number of fused-ring (bicyclic) bond motifs is 5. The molecule has 30 heavy (non-hydrogen) atoms. The molecule has 0 aromatic heterocycles. The molecule has 3 saturated carbocycles. The van der Waals surface area contributed by atoms with Gasteiger partial charge in [-0.1, -0.05) is 33.3 Å². The average Bonchev–Trinajstić information content (AvgIpc) is 3.05. The van der Waals surface area contributed by atoms with Crippen LogP contribution < -0.4 is 0 Å². The summed E-state index contributed by atoms with van der Waals surface area (Å²) in [4.78, 5) is 36.5. The molecule has 0 unspecified atom stereocenters. The predicted octanol–water partition coefficient (Wildman–Crippen LogP) is 4.77. The molecule has 4 aliphatic carbocycles. The fourth-order valence-electron chi connectivity index (χ4n) is 7.33. The van der Waals surface area contributed by atoms with Gasteiger partial charge < -0.3 is 9.47 Å². The quantitative estimate of drug-likeness (QED) is 0.617. The molecule has 0 bridgehead atoms. The monoisotopic (exact) mass is 416 g/mol. The Labute approximate surface area is 179 Å². The molecule has 5 heteroatoms. The lowest BCUT2D eigenvalue weighted by Gasteiger charge is -2.58. The van der Waals surface area contributed by atoms with Crippen LogP contribution in [0.5, 0.6) is 0 Å². The third-order valence-electron chi connectivity index (χ3n) is 9.02. The van der Waals surface area contributed by atoms with Crippen molar-refractivity contribution in [3.8, 4) is 0 Å². The Morgan fingerprint density at radius 2 is 1.70 bits per heavy atom. The molecule has 166 valence electrons. The van der Waals surface area contributed by atoms with Crippen LogP contribution >= 0.6 is 0 Å². The van der Waals surface area contributed by atoms with E-state index in [1.54, 1.807) is 13.0 Å². The number of esters is 2. The third kappa shape index (κ3) is 3.33. The van der Waals surface area contributed by atoms with Crippen LogP contribution in [0.25, 0.3) is 0 Å². The van der Waals surface area contributed by atoms with Gasteiger partial charge >= 0.3 is 11.9 Å². The number of rotatable bonds is 4. The van der Waals surface area contributed by atoms with Crippen molar-refractivity contribution >= 4 is 17.7 Å². The summed E-state index contributed by atoms with van der Waals surface area (Å²) in [5, 5.41) is 0. The van der Waals surface area contributed by atoms with Crippen molar-refractivity contribution in [3.05, 3.63) is 11.6 Å². The summed E-state index contributed by atoms with van der Waals surface area (Å²) in [5.74, 6) is 1.19. The summed E-state index contributed by atoms with van der Waals surface area (Å²) >= 11 is 0. The topological polar surface area (TPSA) is 69.7 Å². The summed E-state index contributed by atoms with van der Waals surface area (Å²) < 4.78 is 11.4. The first kappa shape index (κ1) is 21.6. The molecular weight excluding hydrogens is 380 g/mol. The van der Waals surface area contributed by atoms with Gasteiger partial charge in [0, 0.05) is 24.7 Å². The van der Waals surface area contributed by atoms with Crippen molar-refractivity contribution in [1.82, 2.24) is 0 Å². The summed E-state index contributed by atoms with van der Waals surface area (Å²) in [7, 11) is 0. The summed E-state index contributed by atoms with van der Waals surface area (Å²) in [6.45, 7) is 8.24. The number of ketones is 1. The number of carbonyl (C=O) groups is 3. The van der Waals surface area contributed by atoms with E-state index >= 15 is 0 Å². The van der Waals surface area contributed by atoms with Crippen molar-refractivity contribution in [3.63, 3.8) is 0 Å². The molecule has 0 saturated heterocycles. The molecule has 4 aliphatic rings. The predicted molar refractivity (Wildman–Crippen MR) is 112 cm³/mol. The molecule has 0 amide bonds. The van der Waals surface area contributed by atoms with E-state index in [0.717, 1.165) is 38.5 Å². The SMILES string of the molecule is CCC(=O)O[C@H]1C[C@@]2(C)C(=CC1=O)CC[C@H]1[C@@H]3CC[C@@H](OC(=O)CC)[C@@]3(C)CC[C@@H]12. The molecular formula is C25H36O5. The minimum atomic E-state index is -0.639. The van der Waals surface area contributed by atoms with Gasteiger partial charge in [-0.2, -0.15) is 0 Å². The van der Waals surface area contributed by atoms with E-state index < -0.39 is 6.10 Å². The van der Waals surface area contributed by atoms with Crippen molar-refractivity contribution in [2.24, 2.45) is 28.6 Å². The molecule has 0 N–H and O–H groups in total. The highest BCUT2D eigenvalue weighted by molar-refractivity contribution is 5.96. The largest absolute Gasteiger partial charge is 0.462 e. The highest BCUT2D eigenvalue weighted by atomic mass is 16.5. The van der Waals surface area contributed by atoms with E-state index in [0.29, 0.717) is 37.0 Å². The van der Waals surface area contributed by atoms with Crippen LogP contribution in [0.2, 0.25) is 0 Å². The maximum Gasteiger partial charge on any atom is 0.306 e. The summed E-state index contributed by atoms with van der Waals surface area (Å²) in [5.41, 5.74) is 1.23. The number of carbonyl (C=O) groups excluding carboxylic acids is 3. The lowest BCUT2D eigenvalue weighted by molar-refractivity contribution is -0.162. The fourth-order valence-corrected chi connectivity index (χ4v) is 7.33. The maximum absolute atomic E-state index is 12.6. The molecule has 0 aliphatic heterocycles. The van der Waals surface area contributed by atoms with Gasteiger partial charge in [-0.3, -0.25) is 14.4 Å². The molecule has 0 aromatic rings. The number of hydrogen-bond donors (Lipinski definition) is 0. The van der Waals surface area contributed by atoms with Crippen molar-refractivity contribution in [2.75, 3.05) is 0 Å². The first-order valence-electron chi connectivity index (χ1n) is 11.9.